The quantitative estimate of drug-likeness (QED) is 0.779. The predicted octanol–water partition coefficient (Wildman–Crippen LogP) is 4.54. The molecule has 0 aliphatic carbocycles. The smallest absolute Gasteiger partial charge is 0.251 e. The summed E-state index contributed by atoms with van der Waals surface area (Å²) in [5.41, 5.74) is 3.17. The highest BCUT2D eigenvalue weighted by Gasteiger charge is 2.25. The van der Waals surface area contributed by atoms with Gasteiger partial charge >= 0.3 is 0 Å². The van der Waals surface area contributed by atoms with Crippen LogP contribution in [-0.2, 0) is 13.0 Å². The summed E-state index contributed by atoms with van der Waals surface area (Å²) in [6.07, 6.45) is 0.898. The molecule has 1 amide bonds. The Morgan fingerprint density at radius 3 is 2.83 bits per heavy atom. The van der Waals surface area contributed by atoms with Crippen LogP contribution in [-0.4, -0.2) is 30.4 Å². The average molecular weight is 428 g/mol. The van der Waals surface area contributed by atoms with Crippen LogP contribution < -0.4 is 5.32 Å². The molecule has 0 aromatic heterocycles. The number of fused-ring (bicyclic) bond motifs is 1. The van der Waals surface area contributed by atoms with Crippen molar-refractivity contribution in [3.05, 3.63) is 67.6 Å². The zero-order chi connectivity index (χ0) is 17.3. The molecule has 0 radical (unpaired) electrons. The van der Waals surface area contributed by atoms with Crippen LogP contribution in [0.5, 0.6) is 0 Å². The zero-order valence-electron chi connectivity index (χ0n) is 13.2. The van der Waals surface area contributed by atoms with Crippen LogP contribution in [0.2, 0.25) is 10.0 Å². The first-order chi connectivity index (χ1) is 11.5. The third-order valence-electron chi connectivity index (χ3n) is 4.38. The van der Waals surface area contributed by atoms with Gasteiger partial charge in [0, 0.05) is 29.2 Å². The summed E-state index contributed by atoms with van der Waals surface area (Å²) in [6.45, 7) is 1.46. The highest BCUT2D eigenvalue weighted by Crippen LogP contribution is 2.28. The molecule has 1 aliphatic heterocycles. The van der Waals surface area contributed by atoms with Crippen molar-refractivity contribution in [2.75, 3.05) is 13.6 Å². The van der Waals surface area contributed by atoms with Gasteiger partial charge in [0.2, 0.25) is 0 Å². The molecular weight excluding hydrogens is 411 g/mol. The maximum absolute atomic E-state index is 12.3. The maximum Gasteiger partial charge on any atom is 0.251 e. The number of hydrogen-bond acceptors (Lipinski definition) is 2. The zero-order valence-corrected chi connectivity index (χ0v) is 16.2. The number of amides is 1. The Morgan fingerprint density at radius 2 is 2.08 bits per heavy atom. The van der Waals surface area contributed by atoms with Crippen LogP contribution in [0.4, 0.5) is 0 Å². The minimum atomic E-state index is -0.139. The van der Waals surface area contributed by atoms with Crippen molar-refractivity contribution >= 4 is 45.0 Å². The third-order valence-corrected chi connectivity index (χ3v) is 5.86. The van der Waals surface area contributed by atoms with Gasteiger partial charge in [0.25, 0.3) is 5.91 Å². The van der Waals surface area contributed by atoms with Gasteiger partial charge in [0.05, 0.1) is 10.0 Å². The molecule has 0 saturated heterocycles. The van der Waals surface area contributed by atoms with E-state index in [-0.39, 0.29) is 11.9 Å². The molecule has 0 spiro atoms. The summed E-state index contributed by atoms with van der Waals surface area (Å²) in [6, 6.07) is 11.4. The summed E-state index contributed by atoms with van der Waals surface area (Å²) < 4.78 is 1.13. The normalized spacial score (nSPS) is 17.4. The lowest BCUT2D eigenvalue weighted by Gasteiger charge is -2.34. The van der Waals surface area contributed by atoms with E-state index in [1.54, 1.807) is 18.2 Å². The molecule has 3 rings (SSSR count). The largest absolute Gasteiger partial charge is 0.350 e. The SMILES string of the molecule is CN1Cc2cccc(Br)c2CC1CNC(=O)c1ccc(Cl)c(Cl)c1. The second-order valence-electron chi connectivity index (χ2n) is 5.99. The van der Waals surface area contributed by atoms with Gasteiger partial charge < -0.3 is 5.32 Å². The van der Waals surface area contributed by atoms with E-state index in [9.17, 15) is 4.79 Å². The van der Waals surface area contributed by atoms with E-state index in [0.29, 0.717) is 22.2 Å². The number of rotatable bonds is 3. The summed E-state index contributed by atoms with van der Waals surface area (Å²) >= 11 is 15.5. The van der Waals surface area contributed by atoms with Crippen LogP contribution in [0.3, 0.4) is 0 Å². The lowest BCUT2D eigenvalue weighted by atomic mass is 9.94. The molecule has 6 heteroatoms. The first-order valence-electron chi connectivity index (χ1n) is 7.65. The second kappa shape index (κ2) is 7.44. The van der Waals surface area contributed by atoms with Gasteiger partial charge in [-0.2, -0.15) is 0 Å². The molecule has 1 unspecified atom stereocenters. The van der Waals surface area contributed by atoms with Crippen LogP contribution in [0.15, 0.2) is 40.9 Å². The van der Waals surface area contributed by atoms with E-state index in [2.05, 4.69) is 51.4 Å². The first kappa shape index (κ1) is 17.7. The fourth-order valence-corrected chi connectivity index (χ4v) is 3.81. The standard InChI is InChI=1S/C18H17BrCl2N2O/c1-23-10-12-3-2-4-15(19)14(12)8-13(23)9-22-18(24)11-5-6-16(20)17(21)7-11/h2-7,13H,8-10H2,1H3,(H,22,24). The van der Waals surface area contributed by atoms with E-state index in [0.717, 1.165) is 17.4 Å². The number of hydrogen-bond donors (Lipinski definition) is 1. The molecule has 0 fully saturated rings. The number of likely N-dealkylation sites (N-methyl/N-ethyl adjacent to an activating group) is 1. The molecular formula is C18H17BrCl2N2O. The van der Waals surface area contributed by atoms with Gasteiger partial charge in [0.15, 0.2) is 0 Å². The molecule has 1 atom stereocenters. The van der Waals surface area contributed by atoms with Crippen LogP contribution in [0.25, 0.3) is 0 Å². The molecule has 2 aromatic rings. The van der Waals surface area contributed by atoms with Gasteiger partial charge in [-0.3, -0.25) is 9.69 Å². The summed E-state index contributed by atoms with van der Waals surface area (Å²) in [4.78, 5) is 14.6. The van der Waals surface area contributed by atoms with E-state index in [1.165, 1.54) is 11.1 Å². The number of halogens is 3. The molecule has 2 aromatic carbocycles. The fraction of sp³-hybridized carbons (Fsp3) is 0.278. The number of benzene rings is 2. The first-order valence-corrected chi connectivity index (χ1v) is 9.20. The Labute approximate surface area is 160 Å². The lowest BCUT2D eigenvalue weighted by Crippen LogP contribution is -2.45. The Bertz CT molecular complexity index is 782. The Morgan fingerprint density at radius 1 is 1.29 bits per heavy atom. The Balaban J connectivity index is 1.67. The Hall–Kier alpha value is -1.07. The topological polar surface area (TPSA) is 32.3 Å². The number of carbonyl (C=O) groups excluding carboxylic acids is 1. The van der Waals surface area contributed by atoms with E-state index >= 15 is 0 Å². The van der Waals surface area contributed by atoms with Crippen molar-refractivity contribution in [2.45, 2.75) is 19.0 Å². The van der Waals surface area contributed by atoms with Crippen LogP contribution >= 0.6 is 39.1 Å². The molecule has 126 valence electrons. The van der Waals surface area contributed by atoms with Crippen molar-refractivity contribution in [1.82, 2.24) is 10.2 Å². The highest BCUT2D eigenvalue weighted by molar-refractivity contribution is 9.10. The minimum Gasteiger partial charge on any atom is -0.350 e. The van der Waals surface area contributed by atoms with Gasteiger partial charge in [-0.05, 0) is 48.9 Å². The molecule has 1 aliphatic rings. The monoisotopic (exact) mass is 426 g/mol. The summed E-state index contributed by atoms with van der Waals surface area (Å²) in [5, 5.41) is 3.83. The van der Waals surface area contributed by atoms with Crippen molar-refractivity contribution in [3.8, 4) is 0 Å². The van der Waals surface area contributed by atoms with Crippen molar-refractivity contribution in [2.24, 2.45) is 0 Å². The number of nitrogens with zero attached hydrogens (tertiary/aromatic N) is 1. The Kier molecular flexibility index (Phi) is 5.50. The maximum atomic E-state index is 12.3. The van der Waals surface area contributed by atoms with E-state index < -0.39 is 0 Å². The molecule has 1 N–H and O–H groups in total. The fourth-order valence-electron chi connectivity index (χ4n) is 2.95. The molecule has 24 heavy (non-hydrogen) atoms. The van der Waals surface area contributed by atoms with E-state index in [4.69, 9.17) is 23.2 Å². The molecule has 1 heterocycles. The number of nitrogens with one attached hydrogen (secondary N) is 1. The average Bonchev–Trinajstić information content (AvgIpc) is 2.55. The summed E-state index contributed by atoms with van der Waals surface area (Å²) in [7, 11) is 2.08. The lowest BCUT2D eigenvalue weighted by molar-refractivity contribution is 0.0934. The highest BCUT2D eigenvalue weighted by atomic mass is 79.9. The van der Waals surface area contributed by atoms with E-state index in [1.807, 2.05) is 0 Å². The van der Waals surface area contributed by atoms with Crippen molar-refractivity contribution in [3.63, 3.8) is 0 Å². The predicted molar refractivity (Wildman–Crippen MR) is 102 cm³/mol. The van der Waals surface area contributed by atoms with Gasteiger partial charge in [0.1, 0.15) is 0 Å². The summed E-state index contributed by atoms with van der Waals surface area (Å²) in [5.74, 6) is -0.139. The van der Waals surface area contributed by atoms with Gasteiger partial charge in [-0.25, -0.2) is 0 Å². The van der Waals surface area contributed by atoms with Gasteiger partial charge in [-0.1, -0.05) is 51.3 Å². The number of carbonyl (C=O) groups is 1. The van der Waals surface area contributed by atoms with Crippen LogP contribution in [0, 0.1) is 0 Å². The van der Waals surface area contributed by atoms with Gasteiger partial charge in [-0.15, -0.1) is 0 Å². The van der Waals surface area contributed by atoms with Crippen molar-refractivity contribution < 1.29 is 4.79 Å². The minimum absolute atomic E-state index is 0.139. The molecule has 3 nitrogen and oxygen atoms in total. The van der Waals surface area contributed by atoms with Crippen LogP contribution in [0.1, 0.15) is 21.5 Å². The third kappa shape index (κ3) is 3.77. The second-order valence-corrected chi connectivity index (χ2v) is 7.66. The van der Waals surface area contributed by atoms with Crippen molar-refractivity contribution in [1.29, 1.82) is 0 Å². The molecule has 0 saturated carbocycles. The molecule has 0 bridgehead atoms.